The molecule has 0 radical (unpaired) electrons. The quantitative estimate of drug-likeness (QED) is 0.695. The highest BCUT2D eigenvalue weighted by Gasteiger charge is 2.34. The Morgan fingerprint density at radius 2 is 1.59 bits per heavy atom. The highest BCUT2D eigenvalue weighted by molar-refractivity contribution is 6.01. The summed E-state index contributed by atoms with van der Waals surface area (Å²) in [6, 6.07) is 23.8. The summed E-state index contributed by atoms with van der Waals surface area (Å²) in [5.74, 6) is 0.267. The SMILES string of the molecule is O=C1Cc2ccccc2N1C1CCN(Cc2cccc3ccccc23)CC1. The number of nitrogens with zero attached hydrogens (tertiary/aromatic N) is 2. The third-order valence-electron chi connectivity index (χ3n) is 6.06. The summed E-state index contributed by atoms with van der Waals surface area (Å²) < 4.78 is 0. The number of carbonyl (C=O) groups excluding carboxylic acids is 1. The molecule has 0 aliphatic carbocycles. The molecule has 0 unspecified atom stereocenters. The predicted octanol–water partition coefficient (Wildman–Crippen LogP) is 4.39. The summed E-state index contributed by atoms with van der Waals surface area (Å²) in [6.07, 6.45) is 2.65. The second-order valence-electron chi connectivity index (χ2n) is 7.71. The summed E-state index contributed by atoms with van der Waals surface area (Å²) in [7, 11) is 0. The molecule has 0 saturated carbocycles. The van der Waals surface area contributed by atoms with Gasteiger partial charge in [0.1, 0.15) is 0 Å². The Hall–Kier alpha value is -2.65. The molecule has 136 valence electrons. The molecule has 3 heteroatoms. The van der Waals surface area contributed by atoms with Crippen LogP contribution in [0.3, 0.4) is 0 Å². The lowest BCUT2D eigenvalue weighted by atomic mass is 10.0. The number of fused-ring (bicyclic) bond motifs is 2. The second-order valence-corrected chi connectivity index (χ2v) is 7.71. The number of carbonyl (C=O) groups is 1. The number of hydrogen-bond acceptors (Lipinski definition) is 2. The Kier molecular flexibility index (Phi) is 4.17. The van der Waals surface area contributed by atoms with Gasteiger partial charge in [-0.25, -0.2) is 0 Å². The third kappa shape index (κ3) is 3.02. The Balaban J connectivity index is 1.29. The molecule has 2 aliphatic heterocycles. The summed E-state index contributed by atoms with van der Waals surface area (Å²) in [4.78, 5) is 17.2. The molecule has 3 aromatic rings. The second kappa shape index (κ2) is 6.82. The van der Waals surface area contributed by atoms with Gasteiger partial charge < -0.3 is 4.90 Å². The van der Waals surface area contributed by atoms with E-state index in [1.165, 1.54) is 21.9 Å². The molecule has 1 saturated heterocycles. The average molecular weight is 356 g/mol. The molecular formula is C24H24N2O. The van der Waals surface area contributed by atoms with Crippen LogP contribution in [0.1, 0.15) is 24.0 Å². The number of amides is 1. The van der Waals surface area contributed by atoms with Crippen molar-refractivity contribution in [2.75, 3.05) is 18.0 Å². The Bertz CT molecular complexity index is 983. The normalized spacial score (nSPS) is 18.2. The zero-order valence-corrected chi connectivity index (χ0v) is 15.5. The van der Waals surface area contributed by atoms with Crippen molar-refractivity contribution in [3.8, 4) is 0 Å². The van der Waals surface area contributed by atoms with E-state index in [-0.39, 0.29) is 5.91 Å². The third-order valence-corrected chi connectivity index (χ3v) is 6.06. The van der Waals surface area contributed by atoms with Crippen LogP contribution in [-0.4, -0.2) is 29.9 Å². The van der Waals surface area contributed by atoms with Gasteiger partial charge in [-0.3, -0.25) is 9.69 Å². The topological polar surface area (TPSA) is 23.6 Å². The summed E-state index contributed by atoms with van der Waals surface area (Å²) in [5.41, 5.74) is 3.71. The highest BCUT2D eigenvalue weighted by Crippen LogP contribution is 2.33. The first-order valence-electron chi connectivity index (χ1n) is 9.88. The molecule has 1 amide bonds. The molecule has 0 bridgehead atoms. The molecule has 0 aromatic heterocycles. The molecule has 0 atom stereocenters. The van der Waals surface area contributed by atoms with E-state index in [2.05, 4.69) is 64.4 Å². The zero-order valence-electron chi connectivity index (χ0n) is 15.5. The van der Waals surface area contributed by atoms with Gasteiger partial charge in [0.05, 0.1) is 6.42 Å². The van der Waals surface area contributed by atoms with E-state index in [1.807, 2.05) is 12.1 Å². The van der Waals surface area contributed by atoms with E-state index < -0.39 is 0 Å². The smallest absolute Gasteiger partial charge is 0.231 e. The van der Waals surface area contributed by atoms with Crippen LogP contribution in [-0.2, 0) is 17.8 Å². The number of anilines is 1. The lowest BCUT2D eigenvalue weighted by Gasteiger charge is -2.37. The van der Waals surface area contributed by atoms with Crippen LogP contribution >= 0.6 is 0 Å². The standard InChI is InChI=1S/C24H24N2O/c27-24-16-19-7-2-4-11-23(19)26(24)21-12-14-25(15-13-21)17-20-9-5-8-18-6-1-3-10-22(18)20/h1-11,21H,12-17H2. The molecule has 0 N–H and O–H groups in total. The number of rotatable bonds is 3. The predicted molar refractivity (Wildman–Crippen MR) is 110 cm³/mol. The van der Waals surface area contributed by atoms with Crippen LogP contribution in [0.2, 0.25) is 0 Å². The monoisotopic (exact) mass is 356 g/mol. The van der Waals surface area contributed by atoms with Crippen LogP contribution in [0.25, 0.3) is 10.8 Å². The molecule has 3 aromatic carbocycles. The molecule has 0 spiro atoms. The number of para-hydroxylation sites is 1. The number of piperidine rings is 1. The van der Waals surface area contributed by atoms with Gasteiger partial charge in [0.2, 0.25) is 5.91 Å². The Morgan fingerprint density at radius 3 is 2.48 bits per heavy atom. The largest absolute Gasteiger partial charge is 0.309 e. The van der Waals surface area contributed by atoms with Crippen molar-refractivity contribution in [1.29, 1.82) is 0 Å². The molecule has 3 nitrogen and oxygen atoms in total. The van der Waals surface area contributed by atoms with Crippen LogP contribution in [0.4, 0.5) is 5.69 Å². The van der Waals surface area contributed by atoms with Crippen LogP contribution in [0.15, 0.2) is 66.7 Å². The van der Waals surface area contributed by atoms with Crippen molar-refractivity contribution in [1.82, 2.24) is 4.90 Å². The van der Waals surface area contributed by atoms with Crippen molar-refractivity contribution >= 4 is 22.4 Å². The van der Waals surface area contributed by atoms with E-state index in [9.17, 15) is 4.79 Å². The van der Waals surface area contributed by atoms with Gasteiger partial charge in [-0.05, 0) is 40.8 Å². The summed E-state index contributed by atoms with van der Waals surface area (Å²) in [5, 5.41) is 2.66. The van der Waals surface area contributed by atoms with Gasteiger partial charge in [0, 0.05) is 31.4 Å². The van der Waals surface area contributed by atoms with E-state index >= 15 is 0 Å². The van der Waals surface area contributed by atoms with Crippen LogP contribution in [0.5, 0.6) is 0 Å². The van der Waals surface area contributed by atoms with Crippen molar-refractivity contribution in [2.24, 2.45) is 0 Å². The fraction of sp³-hybridized carbons (Fsp3) is 0.292. The fourth-order valence-corrected chi connectivity index (χ4v) is 4.69. The van der Waals surface area contributed by atoms with Gasteiger partial charge in [0.15, 0.2) is 0 Å². The lowest BCUT2D eigenvalue weighted by Crippen LogP contribution is -2.46. The molecule has 5 rings (SSSR count). The number of hydrogen-bond donors (Lipinski definition) is 0. The van der Waals surface area contributed by atoms with Crippen LogP contribution < -0.4 is 4.90 Å². The van der Waals surface area contributed by atoms with Crippen molar-refractivity contribution in [3.63, 3.8) is 0 Å². The van der Waals surface area contributed by atoms with Gasteiger partial charge in [-0.15, -0.1) is 0 Å². The molecule has 27 heavy (non-hydrogen) atoms. The summed E-state index contributed by atoms with van der Waals surface area (Å²) >= 11 is 0. The maximum atomic E-state index is 12.6. The van der Waals surface area contributed by atoms with Gasteiger partial charge in [-0.1, -0.05) is 60.7 Å². The molecule has 2 heterocycles. The van der Waals surface area contributed by atoms with E-state index in [0.29, 0.717) is 12.5 Å². The minimum atomic E-state index is 0.267. The van der Waals surface area contributed by atoms with Crippen molar-refractivity contribution in [2.45, 2.75) is 31.8 Å². The highest BCUT2D eigenvalue weighted by atomic mass is 16.2. The average Bonchev–Trinajstić information content (AvgIpc) is 3.05. The Morgan fingerprint density at radius 1 is 0.852 bits per heavy atom. The maximum Gasteiger partial charge on any atom is 0.231 e. The van der Waals surface area contributed by atoms with Crippen LogP contribution in [0, 0.1) is 0 Å². The minimum Gasteiger partial charge on any atom is -0.309 e. The zero-order chi connectivity index (χ0) is 18.2. The fourth-order valence-electron chi connectivity index (χ4n) is 4.69. The summed E-state index contributed by atoms with van der Waals surface area (Å²) in [6.45, 7) is 3.07. The van der Waals surface area contributed by atoms with E-state index in [1.54, 1.807) is 0 Å². The van der Waals surface area contributed by atoms with Crippen molar-refractivity contribution in [3.05, 3.63) is 77.9 Å². The lowest BCUT2D eigenvalue weighted by molar-refractivity contribution is -0.118. The van der Waals surface area contributed by atoms with Crippen molar-refractivity contribution < 1.29 is 4.79 Å². The van der Waals surface area contributed by atoms with E-state index in [4.69, 9.17) is 0 Å². The maximum absolute atomic E-state index is 12.6. The van der Waals surface area contributed by atoms with E-state index in [0.717, 1.165) is 38.2 Å². The minimum absolute atomic E-state index is 0.267. The first kappa shape index (κ1) is 16.5. The first-order chi connectivity index (χ1) is 13.3. The molecular weight excluding hydrogens is 332 g/mol. The van der Waals surface area contributed by atoms with Gasteiger partial charge in [0.25, 0.3) is 0 Å². The Labute approximate surface area is 160 Å². The number of benzene rings is 3. The molecule has 1 fully saturated rings. The molecule has 2 aliphatic rings. The van der Waals surface area contributed by atoms with Gasteiger partial charge in [-0.2, -0.15) is 0 Å². The number of likely N-dealkylation sites (tertiary alicyclic amines) is 1. The first-order valence-corrected chi connectivity index (χ1v) is 9.88. The van der Waals surface area contributed by atoms with Gasteiger partial charge >= 0.3 is 0 Å².